The molecule has 0 aliphatic heterocycles. The summed E-state index contributed by atoms with van der Waals surface area (Å²) in [6.45, 7) is -3.83. The lowest BCUT2D eigenvalue weighted by Crippen LogP contribution is -3.05. The van der Waals surface area contributed by atoms with Gasteiger partial charge in [0.05, 0.1) is 14.7 Å². The summed E-state index contributed by atoms with van der Waals surface area (Å²) in [7, 11) is 0. The SMILES string of the molecule is O=C(c1ccc2cccnc2c1)[NH+]([O-])c1c(I)cc(C(F)(C(F)(F)F)C(F)(F)F)cc1OC(F)F. The van der Waals surface area contributed by atoms with E-state index in [9.17, 15) is 49.5 Å². The van der Waals surface area contributed by atoms with Gasteiger partial charge in [0.15, 0.2) is 11.4 Å². The summed E-state index contributed by atoms with van der Waals surface area (Å²) in [4.78, 5) is 16.7. The Balaban J connectivity index is 2.16. The van der Waals surface area contributed by atoms with Crippen molar-refractivity contribution in [3.8, 4) is 5.75 Å². The lowest BCUT2D eigenvalue weighted by molar-refractivity contribution is -0.680. The van der Waals surface area contributed by atoms with E-state index < -0.39 is 56.2 Å². The van der Waals surface area contributed by atoms with Gasteiger partial charge in [-0.15, -0.1) is 0 Å². The molecule has 3 rings (SSSR count). The van der Waals surface area contributed by atoms with E-state index in [0.717, 1.165) is 22.6 Å². The van der Waals surface area contributed by atoms with E-state index in [0.29, 0.717) is 5.39 Å². The van der Waals surface area contributed by atoms with Crippen LogP contribution in [0.4, 0.5) is 45.2 Å². The van der Waals surface area contributed by atoms with Crippen LogP contribution in [-0.2, 0) is 5.67 Å². The standard InChI is InChI=1S/C20H10F9IN2O3/c21-17(22)35-14-8-11(18(23,19(24,25)26)20(27,28)29)7-12(30)15(14)32(34)16(33)10-4-3-9-2-1-5-31-13(9)6-10/h1-8,17,32H. The second-order valence-electron chi connectivity index (χ2n) is 6.93. The van der Waals surface area contributed by atoms with Crippen molar-refractivity contribution in [1.29, 1.82) is 0 Å². The Morgan fingerprint density at radius 1 is 1.00 bits per heavy atom. The molecular formula is C20H10F9IN2O3. The van der Waals surface area contributed by atoms with Gasteiger partial charge in [-0.25, -0.2) is 9.18 Å². The fraction of sp³-hybridized carbons (Fsp3) is 0.200. The van der Waals surface area contributed by atoms with E-state index in [-0.39, 0.29) is 23.2 Å². The van der Waals surface area contributed by atoms with Crippen molar-refractivity contribution >= 4 is 45.1 Å². The third kappa shape index (κ3) is 5.02. The van der Waals surface area contributed by atoms with Crippen molar-refractivity contribution in [2.75, 3.05) is 0 Å². The minimum Gasteiger partial charge on any atom is -0.621 e. The number of ether oxygens (including phenoxy) is 1. The minimum atomic E-state index is -6.55. The Morgan fingerprint density at radius 3 is 2.20 bits per heavy atom. The molecule has 1 N–H and O–H groups in total. The quantitative estimate of drug-likeness (QED) is 0.229. The highest BCUT2D eigenvalue weighted by Gasteiger charge is 2.73. The molecular weight excluding hydrogens is 614 g/mol. The maximum Gasteiger partial charge on any atom is 0.435 e. The zero-order valence-electron chi connectivity index (χ0n) is 16.6. The topological polar surface area (TPSA) is 66.7 Å². The van der Waals surface area contributed by atoms with Gasteiger partial charge in [0, 0.05) is 17.1 Å². The molecule has 2 aromatic carbocycles. The molecule has 35 heavy (non-hydrogen) atoms. The number of nitrogens with zero attached hydrogens (tertiary/aromatic N) is 1. The molecule has 0 fully saturated rings. The lowest BCUT2D eigenvalue weighted by Gasteiger charge is -2.31. The van der Waals surface area contributed by atoms with Crippen LogP contribution in [0.15, 0.2) is 48.7 Å². The van der Waals surface area contributed by atoms with Gasteiger partial charge in [-0.2, -0.15) is 35.1 Å². The molecule has 188 valence electrons. The number of aromatic nitrogens is 1. The van der Waals surface area contributed by atoms with Gasteiger partial charge in [-0.3, -0.25) is 10.0 Å². The van der Waals surface area contributed by atoms with Crippen molar-refractivity contribution < 1.29 is 54.1 Å². The van der Waals surface area contributed by atoms with Gasteiger partial charge in [0.25, 0.3) is 0 Å². The first kappa shape index (κ1) is 26.9. The highest BCUT2D eigenvalue weighted by Crippen LogP contribution is 2.54. The van der Waals surface area contributed by atoms with Crippen LogP contribution in [-0.4, -0.2) is 29.9 Å². The molecule has 0 saturated carbocycles. The molecule has 1 amide bonds. The van der Waals surface area contributed by atoms with Crippen molar-refractivity contribution in [2.24, 2.45) is 0 Å². The molecule has 1 unspecified atom stereocenters. The molecule has 1 atom stereocenters. The molecule has 0 radical (unpaired) electrons. The Morgan fingerprint density at radius 2 is 1.63 bits per heavy atom. The maximum atomic E-state index is 14.5. The van der Waals surface area contributed by atoms with E-state index in [4.69, 9.17) is 0 Å². The molecule has 0 bridgehead atoms. The average molecular weight is 624 g/mol. The van der Waals surface area contributed by atoms with Gasteiger partial charge < -0.3 is 9.94 Å². The van der Waals surface area contributed by atoms with Crippen LogP contribution in [0.3, 0.4) is 0 Å². The largest absolute Gasteiger partial charge is 0.621 e. The number of pyridine rings is 1. The van der Waals surface area contributed by atoms with Gasteiger partial charge in [-0.1, -0.05) is 12.1 Å². The molecule has 1 heterocycles. The predicted octanol–water partition coefficient (Wildman–Crippen LogP) is 5.58. The molecule has 3 aromatic rings. The monoisotopic (exact) mass is 624 g/mol. The summed E-state index contributed by atoms with van der Waals surface area (Å²) in [6, 6.07) is 6.62. The molecule has 0 saturated heterocycles. The Labute approximate surface area is 203 Å². The first-order valence-electron chi connectivity index (χ1n) is 9.13. The number of amides is 1. The van der Waals surface area contributed by atoms with Crippen LogP contribution < -0.4 is 9.80 Å². The molecule has 15 heteroatoms. The number of nitrogens with one attached hydrogen (secondary N) is 1. The van der Waals surface area contributed by atoms with E-state index in [1.807, 2.05) is 0 Å². The average Bonchev–Trinajstić information content (AvgIpc) is 2.75. The number of carbonyl (C=O) groups is 1. The number of hydrogen-bond acceptors (Lipinski definition) is 4. The van der Waals surface area contributed by atoms with Crippen LogP contribution in [0.25, 0.3) is 10.9 Å². The summed E-state index contributed by atoms with van der Waals surface area (Å²) in [5.41, 5.74) is -9.23. The van der Waals surface area contributed by atoms with Crippen molar-refractivity contribution in [2.45, 2.75) is 24.6 Å². The van der Waals surface area contributed by atoms with Crippen LogP contribution in [0.2, 0.25) is 0 Å². The zero-order valence-corrected chi connectivity index (χ0v) is 18.8. The predicted molar refractivity (Wildman–Crippen MR) is 111 cm³/mol. The molecule has 0 spiro atoms. The second-order valence-corrected chi connectivity index (χ2v) is 8.10. The highest BCUT2D eigenvalue weighted by atomic mass is 127. The number of alkyl halides is 9. The van der Waals surface area contributed by atoms with Gasteiger partial charge in [-0.05, 0) is 52.9 Å². The van der Waals surface area contributed by atoms with Gasteiger partial charge in [0.2, 0.25) is 0 Å². The Kier molecular flexibility index (Phi) is 7.25. The number of rotatable bonds is 5. The Bertz CT molecular complexity index is 1250. The number of benzene rings is 2. The van der Waals surface area contributed by atoms with E-state index in [1.165, 1.54) is 24.4 Å². The van der Waals surface area contributed by atoms with E-state index in [1.54, 1.807) is 12.1 Å². The summed E-state index contributed by atoms with van der Waals surface area (Å²) >= 11 is 1.03. The number of fused-ring (bicyclic) bond motifs is 1. The fourth-order valence-corrected chi connectivity index (χ4v) is 3.98. The van der Waals surface area contributed by atoms with Crippen molar-refractivity contribution in [3.05, 3.63) is 68.6 Å². The van der Waals surface area contributed by atoms with Crippen molar-refractivity contribution in [3.63, 3.8) is 0 Å². The summed E-state index contributed by atoms with van der Waals surface area (Å²) in [5, 5.41) is 11.8. The normalized spacial score (nSPS) is 13.8. The first-order chi connectivity index (χ1) is 16.1. The number of hydroxylamine groups is 1. The summed E-state index contributed by atoms with van der Waals surface area (Å²) < 4.78 is 122. The third-order valence-electron chi connectivity index (χ3n) is 4.75. The van der Waals surface area contributed by atoms with Crippen LogP contribution in [0.1, 0.15) is 15.9 Å². The van der Waals surface area contributed by atoms with Gasteiger partial charge in [0.1, 0.15) is 0 Å². The van der Waals surface area contributed by atoms with E-state index in [2.05, 4.69) is 9.72 Å². The fourth-order valence-electron chi connectivity index (χ4n) is 3.13. The van der Waals surface area contributed by atoms with Crippen LogP contribution in [0, 0.1) is 8.78 Å². The maximum absolute atomic E-state index is 14.5. The molecule has 1 aromatic heterocycles. The van der Waals surface area contributed by atoms with Crippen molar-refractivity contribution in [1.82, 2.24) is 4.98 Å². The summed E-state index contributed by atoms with van der Waals surface area (Å²) in [5.74, 6) is -2.88. The first-order valence-corrected chi connectivity index (χ1v) is 10.2. The van der Waals surface area contributed by atoms with Gasteiger partial charge >= 0.3 is 30.5 Å². The molecule has 0 aliphatic carbocycles. The number of quaternary nitrogens is 1. The number of halogens is 10. The molecule has 5 nitrogen and oxygen atoms in total. The van der Waals surface area contributed by atoms with Crippen LogP contribution >= 0.6 is 22.6 Å². The zero-order chi connectivity index (χ0) is 26.3. The number of hydrogen-bond donors (Lipinski definition) is 1. The number of carbonyl (C=O) groups excluding carboxylic acids is 1. The summed E-state index contributed by atoms with van der Waals surface area (Å²) in [6.07, 6.45) is -11.7. The van der Waals surface area contributed by atoms with Crippen LogP contribution in [0.5, 0.6) is 5.75 Å². The minimum absolute atomic E-state index is 0.0116. The second kappa shape index (κ2) is 9.42. The Hall–Kier alpha value is -2.66. The highest BCUT2D eigenvalue weighted by molar-refractivity contribution is 14.1. The third-order valence-corrected chi connectivity index (χ3v) is 5.60. The van der Waals surface area contributed by atoms with E-state index >= 15 is 0 Å². The molecule has 0 aliphatic rings. The lowest BCUT2D eigenvalue weighted by atomic mass is 9.93. The smallest absolute Gasteiger partial charge is 0.435 e.